The van der Waals surface area contributed by atoms with Crippen LogP contribution in [0, 0.1) is 10.1 Å². The summed E-state index contributed by atoms with van der Waals surface area (Å²) in [5.74, 6) is -0.496. The van der Waals surface area contributed by atoms with Crippen LogP contribution in [0.4, 0.5) is 13.2 Å². The van der Waals surface area contributed by atoms with Crippen molar-refractivity contribution in [2.45, 2.75) is 26.4 Å². The minimum Gasteiger partial charge on any atom is -0.496 e. The molecule has 0 aliphatic rings. The summed E-state index contributed by atoms with van der Waals surface area (Å²) in [6.07, 6.45) is -3.31. The lowest BCUT2D eigenvalue weighted by atomic mass is 10.1. The van der Waals surface area contributed by atoms with Crippen LogP contribution < -0.4 is 9.47 Å². The highest BCUT2D eigenvalue weighted by atomic mass is 19.4. The minimum atomic E-state index is -4.61. The van der Waals surface area contributed by atoms with Crippen molar-refractivity contribution in [1.29, 1.82) is 0 Å². The van der Waals surface area contributed by atoms with E-state index in [0.29, 0.717) is 0 Å². The van der Waals surface area contributed by atoms with Gasteiger partial charge in [0.15, 0.2) is 0 Å². The Hall–Kier alpha value is -2.25. The van der Waals surface area contributed by atoms with Gasteiger partial charge in [0, 0.05) is 18.1 Å². The summed E-state index contributed by atoms with van der Waals surface area (Å²) < 4.78 is 49.0. The van der Waals surface area contributed by atoms with Gasteiger partial charge in [0.2, 0.25) is 5.70 Å². The fraction of sp³-hybridized carbons (Fsp3) is 0.429. The molecule has 22 heavy (non-hydrogen) atoms. The molecule has 0 aromatic heterocycles. The van der Waals surface area contributed by atoms with E-state index < -0.39 is 16.7 Å². The van der Waals surface area contributed by atoms with E-state index in [1.165, 1.54) is 13.2 Å². The molecule has 0 fully saturated rings. The maximum Gasteiger partial charge on any atom is 0.420 e. The molecule has 5 nitrogen and oxygen atoms in total. The Morgan fingerprint density at radius 3 is 2.36 bits per heavy atom. The Kier molecular flexibility index (Phi) is 5.78. The van der Waals surface area contributed by atoms with E-state index in [4.69, 9.17) is 9.47 Å². The first-order valence-electron chi connectivity index (χ1n) is 6.51. The van der Waals surface area contributed by atoms with Gasteiger partial charge in [0.1, 0.15) is 17.1 Å². The van der Waals surface area contributed by atoms with E-state index in [0.717, 1.165) is 12.1 Å². The van der Waals surface area contributed by atoms with Crippen LogP contribution in [0.2, 0.25) is 0 Å². The van der Waals surface area contributed by atoms with E-state index in [-0.39, 0.29) is 35.8 Å². The Morgan fingerprint density at radius 2 is 1.95 bits per heavy atom. The Balaban J connectivity index is 3.52. The normalized spacial score (nSPS) is 12.2. The first-order valence-corrected chi connectivity index (χ1v) is 6.51. The van der Waals surface area contributed by atoms with E-state index >= 15 is 0 Å². The summed E-state index contributed by atoms with van der Waals surface area (Å²) in [7, 11) is 1.20. The van der Waals surface area contributed by atoms with Gasteiger partial charge in [-0.25, -0.2) is 0 Å². The summed E-state index contributed by atoms with van der Waals surface area (Å²) in [4.78, 5) is 10.3. The van der Waals surface area contributed by atoms with Crippen LogP contribution in [0.15, 0.2) is 17.8 Å². The summed E-state index contributed by atoms with van der Waals surface area (Å²) in [6.45, 7) is 3.16. The number of rotatable bonds is 6. The Bertz CT molecular complexity index is 582. The van der Waals surface area contributed by atoms with Crippen molar-refractivity contribution in [3.05, 3.63) is 39.1 Å². The van der Waals surface area contributed by atoms with Gasteiger partial charge >= 0.3 is 6.18 Å². The second-order valence-electron chi connectivity index (χ2n) is 4.27. The van der Waals surface area contributed by atoms with Crippen LogP contribution in [0.3, 0.4) is 0 Å². The van der Waals surface area contributed by atoms with Crippen LogP contribution in [0.25, 0.3) is 6.08 Å². The number of methoxy groups -OCH3 is 1. The number of ether oxygens (including phenoxy) is 2. The molecule has 0 N–H and O–H groups in total. The zero-order chi connectivity index (χ0) is 16.9. The summed E-state index contributed by atoms with van der Waals surface area (Å²) in [6, 6.07) is 1.88. The third-order valence-electron chi connectivity index (χ3n) is 2.86. The summed E-state index contributed by atoms with van der Waals surface area (Å²) >= 11 is 0. The average molecular weight is 319 g/mol. The monoisotopic (exact) mass is 319 g/mol. The maximum atomic E-state index is 13.0. The number of nitrogens with zero attached hydrogens (tertiary/aromatic N) is 1. The summed E-state index contributed by atoms with van der Waals surface area (Å²) in [5.41, 5.74) is -0.962. The van der Waals surface area contributed by atoms with Crippen LogP contribution in [-0.2, 0) is 6.18 Å². The average Bonchev–Trinajstić information content (AvgIpc) is 2.43. The maximum absolute atomic E-state index is 13.0. The molecule has 0 unspecified atom stereocenters. The number of benzene rings is 1. The molecule has 0 spiro atoms. The third-order valence-corrected chi connectivity index (χ3v) is 2.86. The number of allylic oxidation sites excluding steroid dienone is 1. The highest BCUT2D eigenvalue weighted by Crippen LogP contribution is 2.40. The smallest absolute Gasteiger partial charge is 0.420 e. The topological polar surface area (TPSA) is 61.6 Å². The molecule has 0 radical (unpaired) electrons. The van der Waals surface area contributed by atoms with Crippen LogP contribution in [0.1, 0.15) is 31.4 Å². The van der Waals surface area contributed by atoms with Gasteiger partial charge in [-0.2, -0.15) is 13.2 Å². The van der Waals surface area contributed by atoms with Gasteiger partial charge < -0.3 is 9.47 Å². The molecule has 0 amide bonds. The predicted molar refractivity (Wildman–Crippen MR) is 74.4 cm³/mol. The van der Waals surface area contributed by atoms with Crippen molar-refractivity contribution in [2.75, 3.05) is 13.7 Å². The molecule has 0 saturated heterocycles. The fourth-order valence-electron chi connectivity index (χ4n) is 1.83. The van der Waals surface area contributed by atoms with Crippen molar-refractivity contribution in [3.63, 3.8) is 0 Å². The molecule has 0 aliphatic carbocycles. The minimum absolute atomic E-state index is 0.0361. The SMILES string of the molecule is CCOc1cc(C=C(CC)[N+](=O)[O-])c(OC)cc1C(F)(F)F. The zero-order valence-corrected chi connectivity index (χ0v) is 12.4. The standard InChI is InChI=1S/C14H16F3NO4/c1-4-10(18(19)20)6-9-7-13(22-5-2)11(14(15,16)17)8-12(9)21-3/h6-8H,4-5H2,1-3H3. The first-order chi connectivity index (χ1) is 10.2. The van der Waals surface area contributed by atoms with Gasteiger partial charge in [-0.15, -0.1) is 0 Å². The molecular formula is C14H16F3NO4. The number of hydrogen-bond donors (Lipinski definition) is 0. The number of nitro groups is 1. The number of hydrogen-bond acceptors (Lipinski definition) is 4. The Morgan fingerprint density at radius 1 is 1.32 bits per heavy atom. The van der Waals surface area contributed by atoms with Crippen molar-refractivity contribution < 1.29 is 27.6 Å². The van der Waals surface area contributed by atoms with Gasteiger partial charge in [-0.05, 0) is 19.1 Å². The highest BCUT2D eigenvalue weighted by Gasteiger charge is 2.35. The van der Waals surface area contributed by atoms with Crippen molar-refractivity contribution in [3.8, 4) is 11.5 Å². The third kappa shape index (κ3) is 4.12. The highest BCUT2D eigenvalue weighted by molar-refractivity contribution is 5.63. The summed E-state index contributed by atoms with van der Waals surface area (Å²) in [5, 5.41) is 10.9. The van der Waals surface area contributed by atoms with Crippen molar-refractivity contribution in [2.24, 2.45) is 0 Å². The van der Waals surface area contributed by atoms with Gasteiger partial charge in [-0.3, -0.25) is 10.1 Å². The second kappa shape index (κ2) is 7.15. The van der Waals surface area contributed by atoms with Gasteiger partial charge in [-0.1, -0.05) is 6.92 Å². The second-order valence-corrected chi connectivity index (χ2v) is 4.27. The van der Waals surface area contributed by atoms with Crippen LogP contribution in [-0.4, -0.2) is 18.6 Å². The van der Waals surface area contributed by atoms with Crippen molar-refractivity contribution >= 4 is 6.08 Å². The molecule has 0 saturated carbocycles. The lowest BCUT2D eigenvalue weighted by molar-refractivity contribution is -0.425. The number of alkyl halides is 3. The van der Waals surface area contributed by atoms with E-state index in [9.17, 15) is 23.3 Å². The quantitative estimate of drug-likeness (QED) is 0.584. The first kappa shape index (κ1) is 17.8. The van der Waals surface area contributed by atoms with Gasteiger partial charge in [0.05, 0.1) is 18.6 Å². The molecule has 0 aliphatic heterocycles. The molecule has 8 heteroatoms. The lowest BCUT2D eigenvalue weighted by Gasteiger charge is -2.16. The predicted octanol–water partition coefficient (Wildman–Crippen LogP) is 4.14. The molecule has 0 heterocycles. The zero-order valence-electron chi connectivity index (χ0n) is 12.4. The molecule has 122 valence electrons. The van der Waals surface area contributed by atoms with E-state index in [1.807, 2.05) is 0 Å². The molecule has 0 bridgehead atoms. The molecule has 1 aromatic carbocycles. The Labute approximate surface area is 125 Å². The number of halogens is 3. The largest absolute Gasteiger partial charge is 0.496 e. The van der Waals surface area contributed by atoms with Crippen LogP contribution in [0.5, 0.6) is 11.5 Å². The van der Waals surface area contributed by atoms with Crippen LogP contribution >= 0.6 is 0 Å². The molecular weight excluding hydrogens is 303 g/mol. The molecule has 0 atom stereocenters. The molecule has 1 aromatic rings. The fourth-order valence-corrected chi connectivity index (χ4v) is 1.83. The lowest BCUT2D eigenvalue weighted by Crippen LogP contribution is -2.10. The van der Waals surface area contributed by atoms with E-state index in [2.05, 4.69) is 0 Å². The van der Waals surface area contributed by atoms with E-state index in [1.54, 1.807) is 13.8 Å². The van der Waals surface area contributed by atoms with Gasteiger partial charge in [0.25, 0.3) is 0 Å². The van der Waals surface area contributed by atoms with Crippen molar-refractivity contribution in [1.82, 2.24) is 0 Å². The molecule has 1 rings (SSSR count).